The molecule has 33 heavy (non-hydrogen) atoms. The summed E-state index contributed by atoms with van der Waals surface area (Å²) in [6, 6.07) is 2.71. The number of ether oxygens (including phenoxy) is 1. The van der Waals surface area contributed by atoms with Gasteiger partial charge in [0.25, 0.3) is 5.91 Å². The highest BCUT2D eigenvalue weighted by molar-refractivity contribution is 7.80. The largest absolute Gasteiger partial charge is 0.474 e. The number of nitrogens with one attached hydrogen (secondary N) is 3. The summed E-state index contributed by atoms with van der Waals surface area (Å²) in [6.07, 6.45) is 7.04. The highest BCUT2D eigenvalue weighted by Gasteiger charge is 2.56. The first kappa shape index (κ1) is 23.6. The highest BCUT2D eigenvalue weighted by Crippen LogP contribution is 2.31. The molecule has 2 aliphatic rings. The van der Waals surface area contributed by atoms with Gasteiger partial charge >= 0.3 is 6.03 Å². The SMILES string of the molecule is O=C1NC(=O)C(CCCc2ncc[nH]2)(C(N2CCC(Oc3ccc(Cl)cn3)CC2)S(=O)O)N1. The fourth-order valence-corrected chi connectivity index (χ4v) is 5.60. The summed E-state index contributed by atoms with van der Waals surface area (Å²) < 4.78 is 28.6. The second kappa shape index (κ2) is 10.2. The number of urea groups is 1. The van der Waals surface area contributed by atoms with Crippen LogP contribution in [0.5, 0.6) is 5.88 Å². The number of piperidine rings is 1. The molecule has 4 rings (SSSR count). The van der Waals surface area contributed by atoms with Crippen LogP contribution < -0.4 is 15.4 Å². The Kier molecular flexibility index (Phi) is 7.27. The maximum Gasteiger partial charge on any atom is 0.322 e. The quantitative estimate of drug-likeness (QED) is 0.301. The van der Waals surface area contributed by atoms with E-state index in [1.165, 1.54) is 6.20 Å². The molecule has 2 aromatic heterocycles. The number of aromatic amines is 1. The molecule has 4 N–H and O–H groups in total. The van der Waals surface area contributed by atoms with E-state index in [1.54, 1.807) is 29.4 Å². The lowest BCUT2D eigenvalue weighted by atomic mass is 9.90. The molecule has 2 aliphatic heterocycles. The molecule has 178 valence electrons. The lowest BCUT2D eigenvalue weighted by Gasteiger charge is -2.42. The Bertz CT molecular complexity index is 999. The minimum atomic E-state index is -2.40. The van der Waals surface area contributed by atoms with Gasteiger partial charge in [-0.2, -0.15) is 0 Å². The number of imide groups is 1. The fraction of sp³-hybridized carbons (Fsp3) is 0.500. The van der Waals surface area contributed by atoms with Crippen molar-refractivity contribution >= 4 is 34.6 Å². The smallest absolute Gasteiger partial charge is 0.322 e. The minimum absolute atomic E-state index is 0.135. The normalized spacial score (nSPS) is 23.7. The number of aromatic nitrogens is 3. The summed E-state index contributed by atoms with van der Waals surface area (Å²) in [5.74, 6) is 0.602. The molecule has 0 aromatic carbocycles. The number of hydrogen-bond acceptors (Lipinski definition) is 7. The molecular formula is C20H25ClN6O5S. The Morgan fingerprint density at radius 2 is 2.09 bits per heavy atom. The number of nitrogens with zero attached hydrogens (tertiary/aromatic N) is 3. The van der Waals surface area contributed by atoms with Crippen molar-refractivity contribution in [3.05, 3.63) is 41.6 Å². The van der Waals surface area contributed by atoms with E-state index in [-0.39, 0.29) is 12.5 Å². The second-order valence-corrected chi connectivity index (χ2v) is 9.50. The molecule has 0 aliphatic carbocycles. The number of halogens is 1. The molecule has 0 bridgehead atoms. The highest BCUT2D eigenvalue weighted by atomic mass is 35.5. The molecule has 2 saturated heterocycles. The summed E-state index contributed by atoms with van der Waals surface area (Å²) >= 11 is 3.46. The molecule has 0 saturated carbocycles. The van der Waals surface area contributed by atoms with Crippen LogP contribution in [0.2, 0.25) is 5.02 Å². The Balaban J connectivity index is 1.45. The second-order valence-electron chi connectivity index (χ2n) is 8.07. The van der Waals surface area contributed by atoms with Gasteiger partial charge in [0.2, 0.25) is 5.88 Å². The summed E-state index contributed by atoms with van der Waals surface area (Å²) in [6.45, 7) is 0.830. The Labute approximate surface area is 197 Å². The third-order valence-corrected chi connectivity index (χ3v) is 7.22. The lowest BCUT2D eigenvalue weighted by Crippen LogP contribution is -2.65. The molecule has 11 nitrogen and oxygen atoms in total. The number of rotatable bonds is 9. The summed E-state index contributed by atoms with van der Waals surface area (Å²) in [5, 5.41) is 4.31. The van der Waals surface area contributed by atoms with Crippen LogP contribution in [0.4, 0.5) is 4.79 Å². The van der Waals surface area contributed by atoms with Gasteiger partial charge in [0.1, 0.15) is 17.3 Å². The van der Waals surface area contributed by atoms with Gasteiger partial charge in [0.05, 0.1) is 5.02 Å². The minimum Gasteiger partial charge on any atom is -0.474 e. The Morgan fingerprint density at radius 1 is 1.30 bits per heavy atom. The van der Waals surface area contributed by atoms with Crippen LogP contribution in [0.1, 0.15) is 31.5 Å². The van der Waals surface area contributed by atoms with E-state index in [0.29, 0.717) is 49.7 Å². The van der Waals surface area contributed by atoms with E-state index < -0.39 is 33.9 Å². The van der Waals surface area contributed by atoms with Crippen molar-refractivity contribution in [2.75, 3.05) is 13.1 Å². The van der Waals surface area contributed by atoms with Gasteiger partial charge in [-0.1, -0.05) is 11.6 Å². The van der Waals surface area contributed by atoms with Crippen molar-refractivity contribution in [3.8, 4) is 5.88 Å². The fourth-order valence-electron chi connectivity index (χ4n) is 4.39. The Morgan fingerprint density at radius 3 is 2.67 bits per heavy atom. The van der Waals surface area contributed by atoms with E-state index in [0.717, 1.165) is 5.82 Å². The number of aryl methyl sites for hydroxylation is 1. The van der Waals surface area contributed by atoms with Crippen molar-refractivity contribution < 1.29 is 23.1 Å². The van der Waals surface area contributed by atoms with E-state index in [1.807, 2.05) is 0 Å². The molecule has 3 unspecified atom stereocenters. The molecule has 13 heteroatoms. The van der Waals surface area contributed by atoms with E-state index >= 15 is 0 Å². The molecule has 0 radical (unpaired) electrons. The molecule has 2 fully saturated rings. The number of pyridine rings is 1. The Hall–Kier alpha value is -2.54. The van der Waals surface area contributed by atoms with E-state index in [9.17, 15) is 18.4 Å². The zero-order chi connectivity index (χ0) is 23.4. The maximum atomic E-state index is 12.9. The average molecular weight is 497 g/mol. The zero-order valence-corrected chi connectivity index (χ0v) is 19.3. The number of hydrogen-bond donors (Lipinski definition) is 4. The molecule has 4 heterocycles. The third-order valence-electron chi connectivity index (χ3n) is 5.92. The van der Waals surface area contributed by atoms with Crippen molar-refractivity contribution in [1.29, 1.82) is 0 Å². The van der Waals surface area contributed by atoms with Gasteiger partial charge in [-0.25, -0.2) is 19.0 Å². The number of amides is 3. The van der Waals surface area contributed by atoms with E-state index in [4.69, 9.17) is 16.3 Å². The number of likely N-dealkylation sites (tertiary alicyclic amines) is 1. The van der Waals surface area contributed by atoms with Crippen LogP contribution in [-0.2, 0) is 22.3 Å². The monoisotopic (exact) mass is 496 g/mol. The number of imidazole rings is 1. The zero-order valence-electron chi connectivity index (χ0n) is 17.7. The third kappa shape index (κ3) is 5.35. The molecular weight excluding hydrogens is 472 g/mol. The molecule has 3 amide bonds. The van der Waals surface area contributed by atoms with Crippen LogP contribution in [0.3, 0.4) is 0 Å². The molecule has 3 atom stereocenters. The predicted molar refractivity (Wildman–Crippen MR) is 120 cm³/mol. The summed E-state index contributed by atoms with van der Waals surface area (Å²) in [5.41, 5.74) is -1.52. The van der Waals surface area contributed by atoms with E-state index in [2.05, 4.69) is 25.6 Å². The van der Waals surface area contributed by atoms with Crippen molar-refractivity contribution in [1.82, 2.24) is 30.5 Å². The van der Waals surface area contributed by atoms with Crippen LogP contribution in [0.25, 0.3) is 0 Å². The number of H-pyrrole nitrogens is 1. The molecule has 2 aromatic rings. The van der Waals surface area contributed by atoms with Crippen LogP contribution in [0.15, 0.2) is 30.7 Å². The molecule has 0 spiro atoms. The van der Waals surface area contributed by atoms with Gasteiger partial charge in [0, 0.05) is 44.2 Å². The maximum absolute atomic E-state index is 12.9. The topological polar surface area (TPSA) is 150 Å². The lowest BCUT2D eigenvalue weighted by molar-refractivity contribution is -0.126. The van der Waals surface area contributed by atoms with Crippen LogP contribution in [0, 0.1) is 0 Å². The van der Waals surface area contributed by atoms with Gasteiger partial charge in [-0.3, -0.25) is 15.0 Å². The van der Waals surface area contributed by atoms with Crippen molar-refractivity contribution in [2.45, 2.75) is 49.1 Å². The van der Waals surface area contributed by atoms with Gasteiger partial charge in [-0.15, -0.1) is 0 Å². The van der Waals surface area contributed by atoms with Crippen LogP contribution >= 0.6 is 11.6 Å². The van der Waals surface area contributed by atoms with Crippen LogP contribution in [-0.4, -0.2) is 70.7 Å². The van der Waals surface area contributed by atoms with Gasteiger partial charge in [0.15, 0.2) is 16.6 Å². The summed E-state index contributed by atoms with van der Waals surface area (Å²) in [7, 11) is 0. The number of carbonyl (C=O) groups excluding carboxylic acids is 2. The average Bonchev–Trinajstić information content (AvgIpc) is 3.39. The first-order chi connectivity index (χ1) is 15.9. The first-order valence-electron chi connectivity index (χ1n) is 10.6. The van der Waals surface area contributed by atoms with Crippen molar-refractivity contribution in [3.63, 3.8) is 0 Å². The van der Waals surface area contributed by atoms with Crippen molar-refractivity contribution in [2.24, 2.45) is 0 Å². The number of carbonyl (C=O) groups is 2. The standard InChI is InChI=1S/C20H25ClN6O5S/c21-13-3-4-16(24-12-13)32-14-5-10-27(11-6-14)18(33(30)31)20(17(28)25-19(29)26-20)7-1-2-15-22-8-9-23-15/h3-4,8-9,12,14,18H,1-2,5-7,10-11H2,(H,22,23)(H,30,31)(H2,25,26,28,29). The van der Waals surface area contributed by atoms with Gasteiger partial charge in [-0.05, 0) is 31.7 Å². The van der Waals surface area contributed by atoms with Gasteiger partial charge < -0.3 is 19.6 Å². The first-order valence-corrected chi connectivity index (χ1v) is 12.2. The summed E-state index contributed by atoms with van der Waals surface area (Å²) in [4.78, 5) is 38.0. The predicted octanol–water partition coefficient (Wildman–Crippen LogP) is 1.45.